The number of carbonyl (C=O) groups is 2. The number of halogens is 1. The average Bonchev–Trinajstić information content (AvgIpc) is 3.58. The highest BCUT2D eigenvalue weighted by molar-refractivity contribution is 5.97. The van der Waals surface area contributed by atoms with Crippen LogP contribution in [0.4, 0.5) is 14.9 Å². The third kappa shape index (κ3) is 6.76. The van der Waals surface area contributed by atoms with Gasteiger partial charge in [0.15, 0.2) is 0 Å². The molecule has 2 N–H and O–H groups in total. The minimum Gasteiger partial charge on any atom is -0.488 e. The zero-order valence-electron chi connectivity index (χ0n) is 26.4. The third-order valence-electron chi connectivity index (χ3n) is 9.41. The Hall–Kier alpha value is -3.79. The van der Waals surface area contributed by atoms with Crippen molar-refractivity contribution in [2.75, 3.05) is 58.9 Å². The van der Waals surface area contributed by atoms with Gasteiger partial charge in [-0.05, 0) is 73.3 Å². The number of amides is 3. The summed E-state index contributed by atoms with van der Waals surface area (Å²) in [5, 5.41) is 6.74. The van der Waals surface area contributed by atoms with Crippen LogP contribution in [-0.2, 0) is 0 Å². The number of benzene rings is 3. The largest absolute Gasteiger partial charge is 0.488 e. The Balaban J connectivity index is 1.26. The number of hydrogen-bond donors (Lipinski definition) is 2. The van der Waals surface area contributed by atoms with Crippen molar-refractivity contribution in [2.45, 2.75) is 38.8 Å². The number of urea groups is 1. The fourth-order valence-corrected chi connectivity index (χ4v) is 7.06. The van der Waals surface area contributed by atoms with Crippen LogP contribution in [0.5, 0.6) is 5.75 Å². The zero-order chi connectivity index (χ0) is 31.4. The quantitative estimate of drug-likeness (QED) is 0.361. The summed E-state index contributed by atoms with van der Waals surface area (Å²) in [7, 11) is 0. The molecule has 0 aromatic heterocycles. The first-order chi connectivity index (χ1) is 21.8. The summed E-state index contributed by atoms with van der Waals surface area (Å²) >= 11 is 0. The smallest absolute Gasteiger partial charge is 0.424 e. The summed E-state index contributed by atoms with van der Waals surface area (Å²) < 4.78 is 20.5. The Morgan fingerprint density at radius 1 is 0.956 bits per heavy atom. The highest BCUT2D eigenvalue weighted by Gasteiger charge is 2.46. The predicted octanol–water partition coefficient (Wildman–Crippen LogP) is 5.14. The van der Waals surface area contributed by atoms with Gasteiger partial charge in [-0.3, -0.25) is 9.69 Å². The van der Waals surface area contributed by atoms with Gasteiger partial charge in [0.1, 0.15) is 36.4 Å². The van der Waals surface area contributed by atoms with E-state index in [0.29, 0.717) is 54.4 Å². The average molecular weight is 615 g/mol. The molecule has 2 atom stereocenters. The maximum atomic E-state index is 14.4. The van der Waals surface area contributed by atoms with E-state index in [9.17, 15) is 14.0 Å². The Morgan fingerprint density at radius 2 is 1.71 bits per heavy atom. The number of para-hydroxylation sites is 1. The van der Waals surface area contributed by atoms with Gasteiger partial charge in [-0.25, -0.2) is 13.7 Å². The van der Waals surface area contributed by atoms with Crippen LogP contribution in [0, 0.1) is 11.7 Å². The van der Waals surface area contributed by atoms with E-state index < -0.39 is 0 Å². The second-order valence-corrected chi connectivity index (χ2v) is 13.0. The molecule has 3 heterocycles. The van der Waals surface area contributed by atoms with E-state index in [-0.39, 0.29) is 29.9 Å². The van der Waals surface area contributed by atoms with Crippen molar-refractivity contribution in [1.29, 1.82) is 0 Å². The fourth-order valence-electron chi connectivity index (χ4n) is 7.06. The van der Waals surface area contributed by atoms with Gasteiger partial charge in [-0.1, -0.05) is 44.2 Å². The Labute approximate surface area is 265 Å². The van der Waals surface area contributed by atoms with Gasteiger partial charge in [0, 0.05) is 50.4 Å². The van der Waals surface area contributed by atoms with Gasteiger partial charge in [0.2, 0.25) is 0 Å². The number of piperazine rings is 2. The highest BCUT2D eigenvalue weighted by atomic mass is 19.1. The fraction of sp³-hybridized carbons (Fsp3) is 0.444. The number of ether oxygens (including phenoxy) is 1. The Bertz CT molecular complexity index is 1470. The molecule has 0 bridgehead atoms. The van der Waals surface area contributed by atoms with Crippen LogP contribution < -0.4 is 19.9 Å². The van der Waals surface area contributed by atoms with Crippen LogP contribution in [0.2, 0.25) is 0 Å². The maximum absolute atomic E-state index is 14.4. The highest BCUT2D eigenvalue weighted by Crippen LogP contribution is 2.34. The monoisotopic (exact) mass is 614 g/mol. The second-order valence-electron chi connectivity index (χ2n) is 13.0. The Morgan fingerprint density at radius 3 is 2.40 bits per heavy atom. The molecular formula is C36H45FN5O3+. The zero-order valence-corrected chi connectivity index (χ0v) is 26.4. The minimum absolute atomic E-state index is 0.0457. The number of nitrogens with one attached hydrogen (secondary N) is 2. The van der Waals surface area contributed by atoms with Crippen LogP contribution in [0.15, 0.2) is 72.8 Å². The SMILES string of the molecule is CC(C)C[C@H]1CN(C(=O)[N+]2(c3ccccc3)CCNCC2)CCN1C(=O)c1ccc(O[C@H]2CCNC2)c(-c2ccc(F)cc2)c1. The van der Waals surface area contributed by atoms with Gasteiger partial charge in [0.25, 0.3) is 5.91 Å². The van der Waals surface area contributed by atoms with Gasteiger partial charge in [-0.15, -0.1) is 0 Å². The lowest BCUT2D eigenvalue weighted by Gasteiger charge is -2.46. The summed E-state index contributed by atoms with van der Waals surface area (Å²) in [5.74, 6) is 0.670. The van der Waals surface area contributed by atoms with E-state index in [1.807, 2.05) is 46.2 Å². The first-order valence-electron chi connectivity index (χ1n) is 16.4. The molecule has 0 spiro atoms. The topological polar surface area (TPSA) is 73.9 Å². The second kappa shape index (κ2) is 13.7. The lowest BCUT2D eigenvalue weighted by Crippen LogP contribution is -2.69. The molecule has 238 valence electrons. The Kier molecular flexibility index (Phi) is 9.49. The van der Waals surface area contributed by atoms with E-state index in [1.54, 1.807) is 12.1 Å². The summed E-state index contributed by atoms with van der Waals surface area (Å²) in [5.41, 5.74) is 3.16. The third-order valence-corrected chi connectivity index (χ3v) is 9.41. The number of rotatable bonds is 7. The summed E-state index contributed by atoms with van der Waals surface area (Å²) in [6, 6.07) is 22.0. The predicted molar refractivity (Wildman–Crippen MR) is 176 cm³/mol. The normalized spacial score (nSPS) is 21.6. The molecule has 3 amide bonds. The van der Waals surface area contributed by atoms with Gasteiger partial charge >= 0.3 is 6.03 Å². The number of carbonyl (C=O) groups excluding carboxylic acids is 2. The van der Waals surface area contributed by atoms with Crippen molar-refractivity contribution in [3.63, 3.8) is 0 Å². The van der Waals surface area contributed by atoms with Crippen molar-refractivity contribution in [1.82, 2.24) is 24.9 Å². The standard InChI is InChI=1S/C36H45FN5O3/c1-26(2)22-30-25-40(36(44)42(20-16-38-17-21-42)31-6-4-3-5-7-31)18-19-41(30)35(43)28-10-13-34(45-32-14-15-39-24-32)33(23-28)27-8-11-29(37)12-9-27/h3-13,23,26,30,32,38-39H,14-22,24-25H2,1-2H3/q+1/t30-,32-/m0/s1. The van der Waals surface area contributed by atoms with Crippen LogP contribution >= 0.6 is 0 Å². The number of hydrogen-bond acceptors (Lipinski definition) is 5. The molecule has 8 nitrogen and oxygen atoms in total. The lowest BCUT2D eigenvalue weighted by atomic mass is 9.97. The first kappa shape index (κ1) is 31.2. The molecule has 3 aromatic carbocycles. The van der Waals surface area contributed by atoms with Gasteiger partial charge in [0.05, 0.1) is 6.04 Å². The molecule has 3 aromatic rings. The molecule has 3 aliphatic heterocycles. The molecule has 0 radical (unpaired) electrons. The summed E-state index contributed by atoms with van der Waals surface area (Å²) in [6.45, 7) is 10.4. The minimum atomic E-state index is -0.311. The molecule has 0 unspecified atom stereocenters. The van der Waals surface area contributed by atoms with Gasteiger partial charge < -0.3 is 20.3 Å². The van der Waals surface area contributed by atoms with E-state index >= 15 is 0 Å². The molecule has 9 heteroatoms. The molecule has 3 aliphatic rings. The van der Waals surface area contributed by atoms with E-state index in [2.05, 4.69) is 36.6 Å². The maximum Gasteiger partial charge on any atom is 0.424 e. The summed E-state index contributed by atoms with van der Waals surface area (Å²) in [6.07, 6.45) is 1.75. The van der Waals surface area contributed by atoms with E-state index in [1.165, 1.54) is 12.1 Å². The molecular weight excluding hydrogens is 569 g/mol. The molecule has 0 saturated carbocycles. The molecule has 6 rings (SSSR count). The van der Waals surface area contributed by atoms with Crippen molar-refractivity contribution < 1.29 is 18.7 Å². The summed E-state index contributed by atoms with van der Waals surface area (Å²) in [4.78, 5) is 32.6. The molecule has 3 fully saturated rings. The van der Waals surface area contributed by atoms with Crippen molar-refractivity contribution in [3.8, 4) is 16.9 Å². The van der Waals surface area contributed by atoms with Crippen molar-refractivity contribution in [3.05, 3.63) is 84.2 Å². The van der Waals surface area contributed by atoms with Crippen LogP contribution in [0.3, 0.4) is 0 Å². The molecule has 0 aliphatic carbocycles. The van der Waals surface area contributed by atoms with E-state index in [4.69, 9.17) is 4.74 Å². The van der Waals surface area contributed by atoms with Crippen LogP contribution in [0.1, 0.15) is 37.0 Å². The van der Waals surface area contributed by atoms with Crippen LogP contribution in [0.25, 0.3) is 11.1 Å². The number of quaternary nitrogens is 1. The van der Waals surface area contributed by atoms with Crippen LogP contribution in [-0.4, -0.2) is 92.8 Å². The van der Waals surface area contributed by atoms with Gasteiger partial charge in [-0.2, -0.15) is 0 Å². The van der Waals surface area contributed by atoms with E-state index in [0.717, 1.165) is 55.8 Å². The van der Waals surface area contributed by atoms with Crippen molar-refractivity contribution in [2.24, 2.45) is 5.92 Å². The first-order valence-corrected chi connectivity index (χ1v) is 16.4. The number of nitrogens with zero attached hydrogens (tertiary/aromatic N) is 3. The van der Waals surface area contributed by atoms with Crippen molar-refractivity contribution >= 4 is 17.6 Å². The lowest BCUT2D eigenvalue weighted by molar-refractivity contribution is 0.0428. The molecule has 3 saturated heterocycles. The molecule has 45 heavy (non-hydrogen) atoms.